The van der Waals surface area contributed by atoms with Gasteiger partial charge in [0.1, 0.15) is 0 Å². The molecule has 7 heteroatoms. The molecular formula is C11H17N5OS. The van der Waals surface area contributed by atoms with Crippen LogP contribution in [-0.4, -0.2) is 26.6 Å². The summed E-state index contributed by atoms with van der Waals surface area (Å²) >= 11 is 1.32. The molecule has 0 amide bonds. The Morgan fingerprint density at radius 2 is 2.39 bits per heavy atom. The molecule has 0 aliphatic rings. The summed E-state index contributed by atoms with van der Waals surface area (Å²) in [5, 5.41) is 4.16. The molecule has 18 heavy (non-hydrogen) atoms. The minimum atomic E-state index is 0.0814. The van der Waals surface area contributed by atoms with Crippen LogP contribution in [0.3, 0.4) is 0 Å². The van der Waals surface area contributed by atoms with Gasteiger partial charge in [0.2, 0.25) is 0 Å². The van der Waals surface area contributed by atoms with E-state index >= 15 is 0 Å². The van der Waals surface area contributed by atoms with Crippen LogP contribution in [0, 0.1) is 0 Å². The highest BCUT2D eigenvalue weighted by atomic mass is 32.1. The van der Waals surface area contributed by atoms with Gasteiger partial charge in [-0.15, -0.1) is 0 Å². The number of hydrogen-bond donors (Lipinski definition) is 2. The van der Waals surface area contributed by atoms with E-state index in [9.17, 15) is 0 Å². The normalized spacial score (nSPS) is 10.8. The third kappa shape index (κ3) is 3.13. The number of nitrogens with zero attached hydrogens (tertiary/aromatic N) is 3. The van der Waals surface area contributed by atoms with Crippen molar-refractivity contribution in [3.63, 3.8) is 0 Å². The minimum absolute atomic E-state index is 0.0814. The first-order chi connectivity index (χ1) is 8.66. The molecule has 0 aliphatic carbocycles. The molecule has 0 fully saturated rings. The van der Waals surface area contributed by atoms with Crippen LogP contribution >= 0.6 is 11.5 Å². The van der Waals surface area contributed by atoms with E-state index in [0.717, 1.165) is 18.1 Å². The van der Waals surface area contributed by atoms with E-state index in [2.05, 4.69) is 14.7 Å². The van der Waals surface area contributed by atoms with E-state index in [0.29, 0.717) is 11.6 Å². The van der Waals surface area contributed by atoms with E-state index in [1.807, 2.05) is 24.6 Å². The summed E-state index contributed by atoms with van der Waals surface area (Å²) in [7, 11) is 0. The second-order valence-electron chi connectivity index (χ2n) is 4.12. The zero-order chi connectivity index (χ0) is 13.0. The van der Waals surface area contributed by atoms with Crippen LogP contribution in [0.15, 0.2) is 18.7 Å². The third-order valence-electron chi connectivity index (χ3n) is 2.24. The molecule has 98 valence electrons. The number of nitrogens with two attached hydrogens (primary N) is 1. The van der Waals surface area contributed by atoms with E-state index in [-0.39, 0.29) is 6.10 Å². The standard InChI is InChI=1S/C11H17N5OS/c1-8(2)17-9-10(12)15-18-11(9)14-4-6-16-5-3-13-7-16/h3,5,7-8,14H,4,6H2,1-2H3,(H2,12,15). The Morgan fingerprint density at radius 1 is 1.56 bits per heavy atom. The number of aromatic nitrogens is 3. The Morgan fingerprint density at radius 3 is 3.06 bits per heavy atom. The van der Waals surface area contributed by atoms with Crippen LogP contribution < -0.4 is 15.8 Å². The fourth-order valence-corrected chi connectivity index (χ4v) is 2.15. The molecule has 0 radical (unpaired) electrons. The first kappa shape index (κ1) is 12.7. The van der Waals surface area contributed by atoms with Crippen LogP contribution in [0.1, 0.15) is 13.8 Å². The second-order valence-corrected chi connectivity index (χ2v) is 4.89. The Labute approximate surface area is 110 Å². The van der Waals surface area contributed by atoms with Crippen molar-refractivity contribution in [3.05, 3.63) is 18.7 Å². The number of imidazole rings is 1. The Balaban J connectivity index is 1.92. The van der Waals surface area contributed by atoms with Gasteiger partial charge in [0, 0.05) is 25.5 Å². The SMILES string of the molecule is CC(C)Oc1c(N)nsc1NCCn1ccnc1. The van der Waals surface area contributed by atoms with Crippen LogP contribution in [-0.2, 0) is 6.54 Å². The van der Waals surface area contributed by atoms with E-state index in [4.69, 9.17) is 10.5 Å². The highest BCUT2D eigenvalue weighted by Gasteiger charge is 2.13. The minimum Gasteiger partial charge on any atom is -0.484 e. The van der Waals surface area contributed by atoms with Crippen molar-refractivity contribution in [2.75, 3.05) is 17.6 Å². The number of rotatable bonds is 6. The average molecular weight is 267 g/mol. The van der Waals surface area contributed by atoms with Crippen molar-refractivity contribution in [2.24, 2.45) is 0 Å². The summed E-state index contributed by atoms with van der Waals surface area (Å²) in [5.74, 6) is 1.10. The van der Waals surface area contributed by atoms with Crippen LogP contribution in [0.5, 0.6) is 5.75 Å². The van der Waals surface area contributed by atoms with Gasteiger partial charge in [0.05, 0.1) is 12.4 Å². The number of hydrogen-bond acceptors (Lipinski definition) is 6. The van der Waals surface area contributed by atoms with Gasteiger partial charge in [0.15, 0.2) is 16.6 Å². The van der Waals surface area contributed by atoms with Crippen LogP contribution in [0.25, 0.3) is 0 Å². The predicted octanol–water partition coefficient (Wildman–Crippen LogP) is 1.82. The highest BCUT2D eigenvalue weighted by Crippen LogP contribution is 2.35. The molecular weight excluding hydrogens is 250 g/mol. The molecule has 3 N–H and O–H groups in total. The monoisotopic (exact) mass is 267 g/mol. The van der Waals surface area contributed by atoms with Crippen molar-refractivity contribution in [1.82, 2.24) is 13.9 Å². The molecule has 0 spiro atoms. The molecule has 2 aromatic heterocycles. The van der Waals surface area contributed by atoms with Gasteiger partial charge in [-0.25, -0.2) is 4.98 Å². The second kappa shape index (κ2) is 5.72. The lowest BCUT2D eigenvalue weighted by Crippen LogP contribution is -2.11. The first-order valence-corrected chi connectivity index (χ1v) is 6.55. The predicted molar refractivity (Wildman–Crippen MR) is 73.0 cm³/mol. The van der Waals surface area contributed by atoms with Gasteiger partial charge >= 0.3 is 0 Å². The van der Waals surface area contributed by atoms with Crippen molar-refractivity contribution >= 4 is 22.4 Å². The van der Waals surface area contributed by atoms with Crippen molar-refractivity contribution in [3.8, 4) is 5.75 Å². The number of anilines is 2. The molecule has 6 nitrogen and oxygen atoms in total. The van der Waals surface area contributed by atoms with Crippen LogP contribution in [0.4, 0.5) is 10.8 Å². The van der Waals surface area contributed by atoms with Gasteiger partial charge in [0.25, 0.3) is 0 Å². The van der Waals surface area contributed by atoms with E-state index in [1.165, 1.54) is 11.5 Å². The molecule has 2 aromatic rings. The third-order valence-corrected chi connectivity index (χ3v) is 3.04. The lowest BCUT2D eigenvalue weighted by molar-refractivity contribution is 0.245. The molecule has 2 heterocycles. The van der Waals surface area contributed by atoms with Crippen molar-refractivity contribution in [2.45, 2.75) is 26.5 Å². The topological polar surface area (TPSA) is 78.0 Å². The summed E-state index contributed by atoms with van der Waals surface area (Å²) in [6.45, 7) is 5.53. The average Bonchev–Trinajstić information content (AvgIpc) is 2.93. The Kier molecular flexibility index (Phi) is 4.03. The maximum atomic E-state index is 5.78. The zero-order valence-electron chi connectivity index (χ0n) is 10.5. The number of nitrogens with one attached hydrogen (secondary N) is 1. The fraction of sp³-hybridized carbons (Fsp3) is 0.455. The Bertz CT molecular complexity index is 480. The maximum absolute atomic E-state index is 5.78. The molecule has 0 unspecified atom stereocenters. The fourth-order valence-electron chi connectivity index (χ4n) is 1.47. The van der Waals surface area contributed by atoms with Crippen LogP contribution in [0.2, 0.25) is 0 Å². The highest BCUT2D eigenvalue weighted by molar-refractivity contribution is 7.11. The smallest absolute Gasteiger partial charge is 0.197 e. The largest absolute Gasteiger partial charge is 0.484 e. The molecule has 0 aliphatic heterocycles. The van der Waals surface area contributed by atoms with Gasteiger partial charge in [-0.3, -0.25) is 0 Å². The first-order valence-electron chi connectivity index (χ1n) is 5.78. The summed E-state index contributed by atoms with van der Waals surface area (Å²) < 4.78 is 11.7. The summed E-state index contributed by atoms with van der Waals surface area (Å²) in [6, 6.07) is 0. The molecule has 0 aromatic carbocycles. The number of nitrogen functional groups attached to an aromatic ring is 1. The summed E-state index contributed by atoms with van der Waals surface area (Å²) in [5.41, 5.74) is 5.78. The van der Waals surface area contributed by atoms with Gasteiger partial charge in [-0.05, 0) is 25.4 Å². The van der Waals surface area contributed by atoms with Gasteiger partial charge in [-0.1, -0.05) is 0 Å². The molecule has 0 bridgehead atoms. The van der Waals surface area contributed by atoms with E-state index in [1.54, 1.807) is 12.5 Å². The molecule has 0 atom stereocenters. The zero-order valence-corrected chi connectivity index (χ0v) is 11.3. The Hall–Kier alpha value is -1.76. The van der Waals surface area contributed by atoms with Crippen molar-refractivity contribution < 1.29 is 4.74 Å². The molecule has 0 saturated carbocycles. The quantitative estimate of drug-likeness (QED) is 0.834. The van der Waals surface area contributed by atoms with Gasteiger partial charge < -0.3 is 20.4 Å². The number of ether oxygens (including phenoxy) is 1. The van der Waals surface area contributed by atoms with Gasteiger partial charge in [-0.2, -0.15) is 4.37 Å². The summed E-state index contributed by atoms with van der Waals surface area (Å²) in [4.78, 5) is 3.99. The molecule has 2 rings (SSSR count). The lowest BCUT2D eigenvalue weighted by Gasteiger charge is -2.11. The van der Waals surface area contributed by atoms with E-state index < -0.39 is 0 Å². The summed E-state index contributed by atoms with van der Waals surface area (Å²) in [6.07, 6.45) is 5.55. The lowest BCUT2D eigenvalue weighted by atomic mass is 10.4. The molecule has 0 saturated heterocycles. The van der Waals surface area contributed by atoms with Crippen molar-refractivity contribution in [1.29, 1.82) is 0 Å². The maximum Gasteiger partial charge on any atom is 0.197 e.